The summed E-state index contributed by atoms with van der Waals surface area (Å²) >= 11 is 0. The predicted molar refractivity (Wildman–Crippen MR) is 93.3 cm³/mol. The number of piperidine rings is 1. The smallest absolute Gasteiger partial charge is 0.416 e. The normalized spacial score (nSPS) is 20.1. The van der Waals surface area contributed by atoms with Gasteiger partial charge < -0.3 is 10.0 Å². The standard InChI is InChI=1S/C20H17F3N2O2/c21-20(22,23)16-6-3-14(4-7-16)15-5-10-18(19(26)27)25(12-15)17-8-1-13(11-24)2-9-17/h1-4,6-9,15,18H,5,10,12H2,(H,26,27). The Labute approximate surface area is 154 Å². The maximum absolute atomic E-state index is 12.8. The third-order valence-corrected chi connectivity index (χ3v) is 4.90. The average molecular weight is 374 g/mol. The molecule has 1 saturated heterocycles. The molecule has 0 bridgehead atoms. The van der Waals surface area contributed by atoms with Gasteiger partial charge in [0, 0.05) is 18.2 Å². The molecule has 140 valence electrons. The second-order valence-electron chi connectivity index (χ2n) is 6.56. The van der Waals surface area contributed by atoms with Crippen molar-refractivity contribution in [2.45, 2.75) is 31.0 Å². The molecule has 1 heterocycles. The van der Waals surface area contributed by atoms with E-state index in [4.69, 9.17) is 5.26 Å². The maximum atomic E-state index is 12.8. The first-order valence-electron chi connectivity index (χ1n) is 8.46. The van der Waals surface area contributed by atoms with Crippen molar-refractivity contribution in [1.29, 1.82) is 5.26 Å². The lowest BCUT2D eigenvalue weighted by Gasteiger charge is -2.39. The van der Waals surface area contributed by atoms with Gasteiger partial charge in [-0.05, 0) is 54.8 Å². The molecule has 0 amide bonds. The highest BCUT2D eigenvalue weighted by molar-refractivity contribution is 5.78. The molecule has 1 fully saturated rings. The number of carboxylic acid groups (broad SMARTS) is 1. The van der Waals surface area contributed by atoms with Crippen LogP contribution in [-0.2, 0) is 11.0 Å². The summed E-state index contributed by atoms with van der Waals surface area (Å²) in [6.45, 7) is 0.383. The van der Waals surface area contributed by atoms with Gasteiger partial charge in [0.2, 0.25) is 0 Å². The van der Waals surface area contributed by atoms with Crippen LogP contribution in [0, 0.1) is 11.3 Å². The topological polar surface area (TPSA) is 64.3 Å². The van der Waals surface area contributed by atoms with Crippen LogP contribution in [-0.4, -0.2) is 23.7 Å². The molecule has 7 heteroatoms. The van der Waals surface area contributed by atoms with E-state index in [1.165, 1.54) is 12.1 Å². The first-order chi connectivity index (χ1) is 12.8. The molecule has 1 N–H and O–H groups in total. The van der Waals surface area contributed by atoms with E-state index in [1.807, 2.05) is 6.07 Å². The lowest BCUT2D eigenvalue weighted by Crippen LogP contribution is -2.47. The predicted octanol–water partition coefficient (Wildman–Crippen LogP) is 4.41. The van der Waals surface area contributed by atoms with Gasteiger partial charge in [-0.25, -0.2) is 4.79 Å². The number of rotatable bonds is 3. The van der Waals surface area contributed by atoms with Crippen LogP contribution in [0.15, 0.2) is 48.5 Å². The van der Waals surface area contributed by atoms with Gasteiger partial charge in [0.15, 0.2) is 0 Å². The summed E-state index contributed by atoms with van der Waals surface area (Å²) in [7, 11) is 0. The largest absolute Gasteiger partial charge is 0.480 e. The highest BCUT2D eigenvalue weighted by atomic mass is 19.4. The molecule has 3 rings (SSSR count). The molecule has 2 aromatic carbocycles. The molecular formula is C20H17F3N2O2. The number of anilines is 1. The lowest BCUT2D eigenvalue weighted by atomic mass is 9.86. The molecule has 27 heavy (non-hydrogen) atoms. The van der Waals surface area contributed by atoms with Gasteiger partial charge in [-0.2, -0.15) is 18.4 Å². The van der Waals surface area contributed by atoms with Gasteiger partial charge >= 0.3 is 12.1 Å². The molecule has 4 nitrogen and oxygen atoms in total. The third kappa shape index (κ3) is 4.05. The van der Waals surface area contributed by atoms with E-state index in [0.717, 1.165) is 17.7 Å². The van der Waals surface area contributed by atoms with Gasteiger partial charge in [0.1, 0.15) is 6.04 Å². The number of alkyl halides is 3. The van der Waals surface area contributed by atoms with E-state index in [9.17, 15) is 23.1 Å². The Hall–Kier alpha value is -3.01. The first kappa shape index (κ1) is 18.8. The first-order valence-corrected chi connectivity index (χ1v) is 8.46. The fraction of sp³-hybridized carbons (Fsp3) is 0.300. The van der Waals surface area contributed by atoms with Crippen LogP contribution in [0.1, 0.15) is 35.4 Å². The van der Waals surface area contributed by atoms with E-state index in [0.29, 0.717) is 30.6 Å². The minimum atomic E-state index is -4.38. The van der Waals surface area contributed by atoms with E-state index >= 15 is 0 Å². The number of halogens is 3. The number of carbonyl (C=O) groups is 1. The number of carboxylic acids is 1. The van der Waals surface area contributed by atoms with Crippen LogP contribution >= 0.6 is 0 Å². The number of hydrogen-bond donors (Lipinski definition) is 1. The molecule has 2 unspecified atom stereocenters. The average Bonchev–Trinajstić information content (AvgIpc) is 2.67. The minimum Gasteiger partial charge on any atom is -0.480 e. The maximum Gasteiger partial charge on any atom is 0.416 e. The summed E-state index contributed by atoms with van der Waals surface area (Å²) in [5, 5.41) is 18.4. The fourth-order valence-corrected chi connectivity index (χ4v) is 3.46. The van der Waals surface area contributed by atoms with Crippen molar-refractivity contribution in [2.24, 2.45) is 0 Å². The summed E-state index contributed by atoms with van der Waals surface area (Å²) in [6.07, 6.45) is -3.41. The summed E-state index contributed by atoms with van der Waals surface area (Å²) in [5.41, 5.74) is 1.21. The van der Waals surface area contributed by atoms with Crippen LogP contribution < -0.4 is 4.90 Å². The van der Waals surface area contributed by atoms with E-state index in [1.54, 1.807) is 29.2 Å². The summed E-state index contributed by atoms with van der Waals surface area (Å²) < 4.78 is 38.3. The minimum absolute atomic E-state index is 0.0708. The van der Waals surface area contributed by atoms with Gasteiger partial charge in [0.05, 0.1) is 17.2 Å². The van der Waals surface area contributed by atoms with Crippen LogP contribution in [0.4, 0.5) is 18.9 Å². The van der Waals surface area contributed by atoms with Crippen LogP contribution in [0.25, 0.3) is 0 Å². The Morgan fingerprint density at radius 2 is 1.70 bits per heavy atom. The molecule has 1 aliphatic heterocycles. The summed E-state index contributed by atoms with van der Waals surface area (Å²) in [4.78, 5) is 13.4. The zero-order chi connectivity index (χ0) is 19.6. The van der Waals surface area contributed by atoms with Crippen molar-refractivity contribution < 1.29 is 23.1 Å². The Balaban J connectivity index is 1.85. The Morgan fingerprint density at radius 3 is 2.22 bits per heavy atom. The van der Waals surface area contributed by atoms with E-state index in [2.05, 4.69) is 0 Å². The molecule has 0 saturated carbocycles. The summed E-state index contributed by atoms with van der Waals surface area (Å²) in [6, 6.07) is 13.0. The zero-order valence-electron chi connectivity index (χ0n) is 14.3. The number of benzene rings is 2. The summed E-state index contributed by atoms with van der Waals surface area (Å²) in [5.74, 6) is -1.01. The molecule has 0 aliphatic carbocycles. The molecular weight excluding hydrogens is 357 g/mol. The second kappa shape index (κ2) is 7.31. The third-order valence-electron chi connectivity index (χ3n) is 4.90. The molecule has 0 radical (unpaired) electrons. The van der Waals surface area contributed by atoms with Crippen LogP contribution in [0.3, 0.4) is 0 Å². The van der Waals surface area contributed by atoms with Crippen molar-refractivity contribution in [3.63, 3.8) is 0 Å². The van der Waals surface area contributed by atoms with Gasteiger partial charge in [0.25, 0.3) is 0 Å². The number of aliphatic carboxylic acids is 1. The Bertz CT molecular complexity index is 855. The quantitative estimate of drug-likeness (QED) is 0.864. The second-order valence-corrected chi connectivity index (χ2v) is 6.56. The van der Waals surface area contributed by atoms with Crippen LogP contribution in [0.5, 0.6) is 0 Å². The van der Waals surface area contributed by atoms with Crippen molar-refractivity contribution in [2.75, 3.05) is 11.4 Å². The van der Waals surface area contributed by atoms with Gasteiger partial charge in [-0.15, -0.1) is 0 Å². The molecule has 0 aromatic heterocycles. The number of nitrogens with zero attached hydrogens (tertiary/aromatic N) is 2. The molecule has 1 aliphatic rings. The molecule has 0 spiro atoms. The Kier molecular flexibility index (Phi) is 5.08. The highest BCUT2D eigenvalue weighted by Crippen LogP contribution is 2.35. The molecule has 2 atom stereocenters. The lowest BCUT2D eigenvalue weighted by molar-refractivity contribution is -0.139. The van der Waals surface area contributed by atoms with Crippen molar-refractivity contribution in [3.8, 4) is 6.07 Å². The number of nitriles is 1. The SMILES string of the molecule is N#Cc1ccc(N2CC(c3ccc(C(F)(F)F)cc3)CCC2C(=O)O)cc1. The van der Waals surface area contributed by atoms with Crippen LogP contribution in [0.2, 0.25) is 0 Å². The number of hydrogen-bond acceptors (Lipinski definition) is 3. The van der Waals surface area contributed by atoms with E-state index in [-0.39, 0.29) is 5.92 Å². The van der Waals surface area contributed by atoms with Gasteiger partial charge in [-0.1, -0.05) is 12.1 Å². The van der Waals surface area contributed by atoms with Crippen molar-refractivity contribution >= 4 is 11.7 Å². The fourth-order valence-electron chi connectivity index (χ4n) is 3.46. The van der Waals surface area contributed by atoms with Crippen molar-refractivity contribution in [3.05, 3.63) is 65.2 Å². The van der Waals surface area contributed by atoms with Gasteiger partial charge in [-0.3, -0.25) is 0 Å². The monoisotopic (exact) mass is 374 g/mol. The highest BCUT2D eigenvalue weighted by Gasteiger charge is 2.34. The zero-order valence-corrected chi connectivity index (χ0v) is 14.3. The Morgan fingerprint density at radius 1 is 1.07 bits per heavy atom. The van der Waals surface area contributed by atoms with E-state index < -0.39 is 23.8 Å². The van der Waals surface area contributed by atoms with Crippen molar-refractivity contribution in [1.82, 2.24) is 0 Å². The molecule has 2 aromatic rings.